The van der Waals surface area contributed by atoms with E-state index < -0.39 is 0 Å². The molecule has 0 aliphatic rings. The molecule has 4 aromatic rings. The van der Waals surface area contributed by atoms with E-state index in [1.54, 1.807) is 0 Å². The number of benzene rings is 3. The third-order valence-electron chi connectivity index (χ3n) is 3.59. The second-order valence-corrected chi connectivity index (χ2v) is 5.08. The SMILES string of the molecule is Nc1cccc(-c2nc(-c3cccc4ccccc34)no2)c1. The maximum atomic E-state index is 5.80. The largest absolute Gasteiger partial charge is 0.399 e. The highest BCUT2D eigenvalue weighted by atomic mass is 16.5. The van der Waals surface area contributed by atoms with Crippen LogP contribution in [0.25, 0.3) is 33.6 Å². The van der Waals surface area contributed by atoms with Crippen molar-refractivity contribution >= 4 is 16.5 Å². The second kappa shape index (κ2) is 5.00. The Kier molecular flexibility index (Phi) is 2.86. The van der Waals surface area contributed by atoms with Crippen molar-refractivity contribution < 1.29 is 4.52 Å². The van der Waals surface area contributed by atoms with Gasteiger partial charge in [-0.1, -0.05) is 53.7 Å². The predicted octanol–water partition coefficient (Wildman–Crippen LogP) is 4.14. The molecule has 0 saturated heterocycles. The van der Waals surface area contributed by atoms with Crippen molar-refractivity contribution in [3.63, 3.8) is 0 Å². The number of anilines is 1. The summed E-state index contributed by atoms with van der Waals surface area (Å²) in [6.45, 7) is 0. The Labute approximate surface area is 127 Å². The van der Waals surface area contributed by atoms with Gasteiger partial charge in [0.1, 0.15) is 0 Å². The summed E-state index contributed by atoms with van der Waals surface area (Å²) in [5.74, 6) is 1.05. The molecule has 106 valence electrons. The number of nitrogen functional groups attached to an aromatic ring is 1. The Morgan fingerprint density at radius 1 is 0.864 bits per heavy atom. The average Bonchev–Trinajstić information content (AvgIpc) is 3.04. The van der Waals surface area contributed by atoms with Gasteiger partial charge in [-0.2, -0.15) is 4.98 Å². The summed E-state index contributed by atoms with van der Waals surface area (Å²) in [6.07, 6.45) is 0. The van der Waals surface area contributed by atoms with Gasteiger partial charge in [0.2, 0.25) is 5.82 Å². The summed E-state index contributed by atoms with van der Waals surface area (Å²) < 4.78 is 5.39. The van der Waals surface area contributed by atoms with Crippen molar-refractivity contribution in [3.8, 4) is 22.8 Å². The van der Waals surface area contributed by atoms with E-state index in [-0.39, 0.29) is 0 Å². The molecule has 2 N–H and O–H groups in total. The van der Waals surface area contributed by atoms with Gasteiger partial charge >= 0.3 is 0 Å². The minimum atomic E-state index is 0.468. The lowest BCUT2D eigenvalue weighted by atomic mass is 10.0. The molecule has 0 spiro atoms. The van der Waals surface area contributed by atoms with E-state index in [9.17, 15) is 0 Å². The fourth-order valence-corrected chi connectivity index (χ4v) is 2.54. The molecule has 3 aromatic carbocycles. The molecule has 0 atom stereocenters. The molecule has 0 radical (unpaired) electrons. The fraction of sp³-hybridized carbons (Fsp3) is 0. The third-order valence-corrected chi connectivity index (χ3v) is 3.59. The summed E-state index contributed by atoms with van der Waals surface area (Å²) in [4.78, 5) is 4.51. The van der Waals surface area contributed by atoms with Gasteiger partial charge in [-0.15, -0.1) is 0 Å². The molecule has 0 aliphatic carbocycles. The number of fused-ring (bicyclic) bond motifs is 1. The van der Waals surface area contributed by atoms with Gasteiger partial charge in [0.15, 0.2) is 0 Å². The molecule has 1 aromatic heterocycles. The third kappa shape index (κ3) is 2.11. The smallest absolute Gasteiger partial charge is 0.258 e. The van der Waals surface area contributed by atoms with E-state index >= 15 is 0 Å². The van der Waals surface area contributed by atoms with Gasteiger partial charge in [-0.05, 0) is 29.0 Å². The topological polar surface area (TPSA) is 64.9 Å². The van der Waals surface area contributed by atoms with Crippen molar-refractivity contribution in [2.75, 3.05) is 5.73 Å². The molecule has 0 amide bonds. The Morgan fingerprint density at radius 2 is 1.68 bits per heavy atom. The average molecular weight is 287 g/mol. The van der Waals surface area contributed by atoms with Gasteiger partial charge in [0, 0.05) is 16.8 Å². The summed E-state index contributed by atoms with van der Waals surface area (Å²) in [5.41, 5.74) is 8.24. The van der Waals surface area contributed by atoms with E-state index in [1.165, 1.54) is 0 Å². The van der Waals surface area contributed by atoms with E-state index in [0.29, 0.717) is 17.4 Å². The Balaban J connectivity index is 1.84. The molecule has 0 saturated carbocycles. The van der Waals surface area contributed by atoms with Crippen LogP contribution in [-0.4, -0.2) is 10.1 Å². The van der Waals surface area contributed by atoms with Gasteiger partial charge in [0.25, 0.3) is 5.89 Å². The highest BCUT2D eigenvalue weighted by Crippen LogP contribution is 2.28. The molecule has 0 fully saturated rings. The Morgan fingerprint density at radius 3 is 2.59 bits per heavy atom. The predicted molar refractivity (Wildman–Crippen MR) is 87.1 cm³/mol. The Hall–Kier alpha value is -3.14. The first kappa shape index (κ1) is 12.6. The zero-order valence-electron chi connectivity index (χ0n) is 11.7. The quantitative estimate of drug-likeness (QED) is 0.563. The number of hydrogen-bond acceptors (Lipinski definition) is 4. The van der Waals surface area contributed by atoms with Crippen LogP contribution in [0.2, 0.25) is 0 Å². The van der Waals surface area contributed by atoms with Crippen molar-refractivity contribution in [1.29, 1.82) is 0 Å². The maximum Gasteiger partial charge on any atom is 0.258 e. The lowest BCUT2D eigenvalue weighted by Crippen LogP contribution is -1.86. The Bertz CT molecular complexity index is 954. The zero-order valence-corrected chi connectivity index (χ0v) is 11.7. The van der Waals surface area contributed by atoms with Gasteiger partial charge in [0.05, 0.1) is 0 Å². The van der Waals surface area contributed by atoms with Crippen LogP contribution >= 0.6 is 0 Å². The molecule has 0 bridgehead atoms. The molecule has 0 aliphatic heterocycles. The normalized spacial score (nSPS) is 10.9. The molecular weight excluding hydrogens is 274 g/mol. The van der Waals surface area contributed by atoms with Crippen molar-refractivity contribution in [2.24, 2.45) is 0 Å². The highest BCUT2D eigenvalue weighted by molar-refractivity contribution is 5.95. The van der Waals surface area contributed by atoms with Crippen LogP contribution in [-0.2, 0) is 0 Å². The maximum absolute atomic E-state index is 5.80. The van der Waals surface area contributed by atoms with Crippen molar-refractivity contribution in [1.82, 2.24) is 10.1 Å². The number of rotatable bonds is 2. The van der Waals surface area contributed by atoms with Crippen LogP contribution in [0.3, 0.4) is 0 Å². The minimum Gasteiger partial charge on any atom is -0.399 e. The summed E-state index contributed by atoms with van der Waals surface area (Å²) in [7, 11) is 0. The number of nitrogens with zero attached hydrogens (tertiary/aromatic N) is 2. The first-order valence-corrected chi connectivity index (χ1v) is 6.99. The molecule has 4 heteroatoms. The van der Waals surface area contributed by atoms with E-state index in [1.807, 2.05) is 48.5 Å². The molecule has 4 nitrogen and oxygen atoms in total. The van der Waals surface area contributed by atoms with Gasteiger partial charge in [-0.25, -0.2) is 0 Å². The van der Waals surface area contributed by atoms with Crippen LogP contribution in [0.5, 0.6) is 0 Å². The fourth-order valence-electron chi connectivity index (χ4n) is 2.54. The minimum absolute atomic E-state index is 0.468. The van der Waals surface area contributed by atoms with Crippen molar-refractivity contribution in [2.45, 2.75) is 0 Å². The highest BCUT2D eigenvalue weighted by Gasteiger charge is 2.12. The molecule has 1 heterocycles. The number of hydrogen-bond donors (Lipinski definition) is 1. The van der Waals surface area contributed by atoms with Crippen LogP contribution in [0.1, 0.15) is 0 Å². The molecule has 4 rings (SSSR count). The monoisotopic (exact) mass is 287 g/mol. The molecule has 0 unspecified atom stereocenters. The standard InChI is InChI=1S/C18H13N3O/c19-14-8-3-7-13(11-14)18-20-17(21-22-18)16-10-4-6-12-5-1-2-9-15(12)16/h1-11H,19H2. The van der Waals surface area contributed by atoms with Gasteiger partial charge in [-0.3, -0.25) is 0 Å². The molecule has 22 heavy (non-hydrogen) atoms. The van der Waals surface area contributed by atoms with Gasteiger partial charge < -0.3 is 10.3 Å². The van der Waals surface area contributed by atoms with Crippen LogP contribution < -0.4 is 5.73 Å². The lowest BCUT2D eigenvalue weighted by molar-refractivity contribution is 0.432. The number of nitrogens with two attached hydrogens (primary N) is 1. The van der Waals surface area contributed by atoms with E-state index in [4.69, 9.17) is 10.3 Å². The summed E-state index contributed by atoms with van der Waals surface area (Å²) >= 11 is 0. The van der Waals surface area contributed by atoms with E-state index in [2.05, 4.69) is 28.3 Å². The lowest BCUT2D eigenvalue weighted by Gasteiger charge is -2.01. The van der Waals surface area contributed by atoms with Crippen LogP contribution in [0.4, 0.5) is 5.69 Å². The number of aromatic nitrogens is 2. The first-order chi connectivity index (χ1) is 10.8. The summed E-state index contributed by atoms with van der Waals surface area (Å²) in [5, 5.41) is 6.37. The molecular formula is C18H13N3O. The summed E-state index contributed by atoms with van der Waals surface area (Å²) in [6, 6.07) is 21.6. The van der Waals surface area contributed by atoms with E-state index in [0.717, 1.165) is 21.9 Å². The van der Waals surface area contributed by atoms with Crippen molar-refractivity contribution in [3.05, 3.63) is 66.7 Å². The second-order valence-electron chi connectivity index (χ2n) is 5.08. The van der Waals surface area contributed by atoms with Crippen LogP contribution in [0.15, 0.2) is 71.3 Å². The zero-order chi connectivity index (χ0) is 14.9. The first-order valence-electron chi connectivity index (χ1n) is 6.99. The van der Waals surface area contributed by atoms with Crippen LogP contribution in [0, 0.1) is 0 Å².